The molecule has 2 aliphatic heterocycles. The van der Waals surface area contributed by atoms with Crippen LogP contribution in [0.5, 0.6) is 5.88 Å². The maximum absolute atomic E-state index is 13.1. The summed E-state index contributed by atoms with van der Waals surface area (Å²) in [4.78, 5) is 48.0. The van der Waals surface area contributed by atoms with E-state index in [1.165, 1.54) is 4.90 Å². The number of aromatic nitrogens is 1. The third kappa shape index (κ3) is 3.68. The SMILES string of the molecule is CCOc1ncccc1C(=O)N1CCC2(CC1)C(=O)N(CC)C(=O)N2CC(C)C. The Labute approximate surface area is 171 Å². The predicted molar refractivity (Wildman–Crippen MR) is 108 cm³/mol. The summed E-state index contributed by atoms with van der Waals surface area (Å²) in [6, 6.07) is 3.21. The Morgan fingerprint density at radius 3 is 2.52 bits per heavy atom. The van der Waals surface area contributed by atoms with Crippen molar-refractivity contribution in [2.24, 2.45) is 5.92 Å². The molecule has 1 aromatic heterocycles. The fourth-order valence-corrected chi connectivity index (χ4v) is 4.22. The Hall–Kier alpha value is -2.64. The fourth-order valence-electron chi connectivity index (χ4n) is 4.22. The number of carbonyl (C=O) groups is 3. The molecule has 0 N–H and O–H groups in total. The molecule has 29 heavy (non-hydrogen) atoms. The van der Waals surface area contributed by atoms with Gasteiger partial charge in [-0.1, -0.05) is 13.8 Å². The molecule has 3 rings (SSSR count). The van der Waals surface area contributed by atoms with Gasteiger partial charge < -0.3 is 14.5 Å². The first kappa shape index (κ1) is 21.1. The van der Waals surface area contributed by atoms with Crippen molar-refractivity contribution in [2.75, 3.05) is 32.8 Å². The number of piperidine rings is 1. The quantitative estimate of drug-likeness (QED) is 0.683. The van der Waals surface area contributed by atoms with E-state index >= 15 is 0 Å². The fraction of sp³-hybridized carbons (Fsp3) is 0.619. The monoisotopic (exact) mass is 402 g/mol. The van der Waals surface area contributed by atoms with Crippen LogP contribution in [0.4, 0.5) is 4.79 Å². The molecule has 2 fully saturated rings. The average molecular weight is 402 g/mol. The topological polar surface area (TPSA) is 83.0 Å². The van der Waals surface area contributed by atoms with Gasteiger partial charge in [0.05, 0.1) is 6.61 Å². The predicted octanol–water partition coefficient (Wildman–Crippen LogP) is 2.40. The Morgan fingerprint density at radius 1 is 1.24 bits per heavy atom. The second kappa shape index (κ2) is 8.39. The van der Waals surface area contributed by atoms with E-state index < -0.39 is 5.54 Å². The maximum atomic E-state index is 13.1. The number of imide groups is 1. The molecule has 0 aliphatic carbocycles. The summed E-state index contributed by atoms with van der Waals surface area (Å²) in [5.41, 5.74) is -0.417. The van der Waals surface area contributed by atoms with Crippen LogP contribution in [0.3, 0.4) is 0 Å². The number of hydrogen-bond donors (Lipinski definition) is 0. The van der Waals surface area contributed by atoms with Gasteiger partial charge in [-0.15, -0.1) is 0 Å². The van der Waals surface area contributed by atoms with Crippen molar-refractivity contribution in [3.8, 4) is 5.88 Å². The van der Waals surface area contributed by atoms with Gasteiger partial charge in [-0.3, -0.25) is 14.5 Å². The summed E-state index contributed by atoms with van der Waals surface area (Å²) in [6.45, 7) is 9.88. The van der Waals surface area contributed by atoms with E-state index in [0.29, 0.717) is 57.1 Å². The van der Waals surface area contributed by atoms with E-state index in [1.807, 2.05) is 27.7 Å². The van der Waals surface area contributed by atoms with Crippen molar-refractivity contribution >= 4 is 17.8 Å². The van der Waals surface area contributed by atoms with Crippen molar-refractivity contribution in [3.63, 3.8) is 0 Å². The number of ether oxygens (including phenoxy) is 1. The molecule has 0 saturated carbocycles. The summed E-state index contributed by atoms with van der Waals surface area (Å²) in [5, 5.41) is 0. The molecule has 0 radical (unpaired) electrons. The molecular weight excluding hydrogens is 372 g/mol. The number of likely N-dealkylation sites (N-methyl/N-ethyl adjacent to an activating group) is 1. The zero-order valence-electron chi connectivity index (χ0n) is 17.7. The highest BCUT2D eigenvalue weighted by Gasteiger charge is 2.57. The van der Waals surface area contributed by atoms with Gasteiger partial charge in [-0.2, -0.15) is 0 Å². The molecule has 0 bridgehead atoms. The largest absolute Gasteiger partial charge is 0.477 e. The Bertz CT molecular complexity index is 787. The van der Waals surface area contributed by atoms with Crippen molar-refractivity contribution in [1.29, 1.82) is 0 Å². The molecule has 8 heteroatoms. The number of pyridine rings is 1. The van der Waals surface area contributed by atoms with E-state index in [4.69, 9.17) is 4.74 Å². The number of urea groups is 1. The Balaban J connectivity index is 1.80. The molecule has 2 aliphatic rings. The molecular formula is C21H30N4O4. The minimum absolute atomic E-state index is 0.130. The maximum Gasteiger partial charge on any atom is 0.327 e. The zero-order chi connectivity index (χ0) is 21.2. The van der Waals surface area contributed by atoms with Crippen LogP contribution >= 0.6 is 0 Å². The highest BCUT2D eigenvalue weighted by molar-refractivity contribution is 6.07. The molecule has 1 aromatic rings. The number of hydrogen-bond acceptors (Lipinski definition) is 5. The van der Waals surface area contributed by atoms with Gasteiger partial charge in [-0.25, -0.2) is 9.78 Å². The lowest BCUT2D eigenvalue weighted by molar-refractivity contribution is -0.135. The average Bonchev–Trinajstić information content (AvgIpc) is 2.89. The lowest BCUT2D eigenvalue weighted by Crippen LogP contribution is -2.58. The highest BCUT2D eigenvalue weighted by Crippen LogP contribution is 2.38. The molecule has 3 heterocycles. The third-order valence-corrected chi connectivity index (χ3v) is 5.65. The zero-order valence-corrected chi connectivity index (χ0v) is 17.7. The van der Waals surface area contributed by atoms with Gasteiger partial charge in [0.15, 0.2) is 0 Å². The molecule has 1 spiro atoms. The number of likely N-dealkylation sites (tertiary alicyclic amines) is 1. The van der Waals surface area contributed by atoms with E-state index in [-0.39, 0.29) is 23.8 Å². The normalized spacial score (nSPS) is 18.9. The van der Waals surface area contributed by atoms with E-state index in [0.717, 1.165) is 0 Å². The van der Waals surface area contributed by atoms with Crippen molar-refractivity contribution in [3.05, 3.63) is 23.9 Å². The Kier molecular flexibility index (Phi) is 6.10. The summed E-state index contributed by atoms with van der Waals surface area (Å²) < 4.78 is 5.49. The standard InChI is InChI=1S/C21H30N4O4/c1-5-24-19(27)21(25(20(24)28)14-15(3)4)9-12-23(13-10-21)18(26)16-8-7-11-22-17(16)29-6-2/h7-8,11,15H,5-6,9-10,12-14H2,1-4H3. The van der Waals surface area contributed by atoms with Gasteiger partial charge in [-0.05, 0) is 44.7 Å². The third-order valence-electron chi connectivity index (χ3n) is 5.65. The van der Waals surface area contributed by atoms with Crippen molar-refractivity contribution in [1.82, 2.24) is 19.7 Å². The minimum Gasteiger partial charge on any atom is -0.477 e. The molecule has 8 nitrogen and oxygen atoms in total. The van der Waals surface area contributed by atoms with Crippen LogP contribution in [0, 0.1) is 5.92 Å². The van der Waals surface area contributed by atoms with Crippen molar-refractivity contribution in [2.45, 2.75) is 46.1 Å². The van der Waals surface area contributed by atoms with Gasteiger partial charge >= 0.3 is 6.03 Å². The van der Waals surface area contributed by atoms with Gasteiger partial charge in [0.1, 0.15) is 11.1 Å². The van der Waals surface area contributed by atoms with Gasteiger partial charge in [0, 0.05) is 32.4 Å². The summed E-state index contributed by atoms with van der Waals surface area (Å²) in [7, 11) is 0. The molecule has 0 atom stereocenters. The smallest absolute Gasteiger partial charge is 0.327 e. The molecule has 2 saturated heterocycles. The lowest BCUT2D eigenvalue weighted by Gasteiger charge is -2.42. The summed E-state index contributed by atoms with van der Waals surface area (Å²) in [5.74, 6) is 0.292. The van der Waals surface area contributed by atoms with Gasteiger partial charge in [0.25, 0.3) is 11.8 Å². The van der Waals surface area contributed by atoms with Crippen LogP contribution in [0.25, 0.3) is 0 Å². The van der Waals surface area contributed by atoms with Crippen LogP contribution in [-0.4, -0.2) is 75.9 Å². The van der Waals surface area contributed by atoms with Crippen LogP contribution in [0.1, 0.15) is 50.9 Å². The number of nitrogens with zero attached hydrogens (tertiary/aromatic N) is 4. The molecule has 0 unspecified atom stereocenters. The molecule has 0 aromatic carbocycles. The van der Waals surface area contributed by atoms with Gasteiger partial charge in [0.2, 0.25) is 5.88 Å². The van der Waals surface area contributed by atoms with Crippen molar-refractivity contribution < 1.29 is 19.1 Å². The van der Waals surface area contributed by atoms with Crippen LogP contribution < -0.4 is 4.74 Å². The first-order chi connectivity index (χ1) is 13.9. The lowest BCUT2D eigenvalue weighted by atomic mass is 9.85. The van der Waals surface area contributed by atoms with E-state index in [9.17, 15) is 14.4 Å². The molecule has 158 valence electrons. The van der Waals surface area contributed by atoms with Crippen LogP contribution in [0.2, 0.25) is 0 Å². The van der Waals surface area contributed by atoms with E-state index in [1.54, 1.807) is 28.1 Å². The summed E-state index contributed by atoms with van der Waals surface area (Å²) >= 11 is 0. The van der Waals surface area contributed by atoms with Crippen LogP contribution in [-0.2, 0) is 4.79 Å². The second-order valence-electron chi connectivity index (χ2n) is 7.95. The number of rotatable bonds is 6. The second-order valence-corrected chi connectivity index (χ2v) is 7.95. The first-order valence-electron chi connectivity index (χ1n) is 10.4. The summed E-state index contributed by atoms with van der Waals surface area (Å²) in [6.07, 6.45) is 2.48. The molecule has 4 amide bonds. The first-order valence-corrected chi connectivity index (χ1v) is 10.4. The number of carbonyl (C=O) groups excluding carboxylic acids is 3. The van der Waals surface area contributed by atoms with E-state index in [2.05, 4.69) is 4.98 Å². The number of amides is 4. The Morgan fingerprint density at radius 2 is 1.93 bits per heavy atom. The highest BCUT2D eigenvalue weighted by atomic mass is 16.5. The van der Waals surface area contributed by atoms with Crippen LogP contribution in [0.15, 0.2) is 18.3 Å². The minimum atomic E-state index is -0.841.